The molecule has 1 aliphatic heterocycles. The lowest BCUT2D eigenvalue weighted by molar-refractivity contribution is 0.110. The van der Waals surface area contributed by atoms with Crippen LogP contribution in [0.15, 0.2) is 51.9 Å². The SMILES string of the molecule is Nc1nc(=O)c2cccnc2n1Cc1nc([C@@H]2CO[C@@H](c3ccc(F)cc3)C2)no1. The molecule has 1 saturated heterocycles. The Balaban J connectivity index is 1.36. The maximum absolute atomic E-state index is 13.1. The maximum Gasteiger partial charge on any atom is 0.283 e. The molecule has 0 spiro atoms. The van der Waals surface area contributed by atoms with Crippen molar-refractivity contribution in [2.45, 2.75) is 25.0 Å². The lowest BCUT2D eigenvalue weighted by atomic mass is 10.00. The summed E-state index contributed by atoms with van der Waals surface area (Å²) in [6.07, 6.45) is 2.09. The lowest BCUT2D eigenvalue weighted by Crippen LogP contribution is -2.19. The van der Waals surface area contributed by atoms with E-state index in [1.54, 1.807) is 35.0 Å². The van der Waals surface area contributed by atoms with Crippen molar-refractivity contribution in [3.05, 3.63) is 76.0 Å². The van der Waals surface area contributed by atoms with E-state index in [0.717, 1.165) is 5.56 Å². The standard InChI is InChI=1S/C20H17FN6O3/c21-13-5-3-11(4-6-13)15-8-12(10-29-15)17-24-16(30-26-17)9-27-18-14(2-1-7-23-18)19(28)25-20(27)22/h1-7,12,15H,8-10H2,(H2,22,25,28)/t12-,15+/m0/s1. The van der Waals surface area contributed by atoms with Gasteiger partial charge in [0.2, 0.25) is 11.8 Å². The molecule has 4 aromatic rings. The van der Waals surface area contributed by atoms with Crippen molar-refractivity contribution in [1.29, 1.82) is 0 Å². The van der Waals surface area contributed by atoms with Gasteiger partial charge in [-0.2, -0.15) is 9.97 Å². The van der Waals surface area contributed by atoms with Crippen LogP contribution in [0.1, 0.15) is 35.7 Å². The maximum atomic E-state index is 13.1. The molecule has 1 fully saturated rings. The number of hydrogen-bond donors (Lipinski definition) is 1. The summed E-state index contributed by atoms with van der Waals surface area (Å²) in [5.74, 6) is 0.539. The van der Waals surface area contributed by atoms with Crippen molar-refractivity contribution in [3.8, 4) is 0 Å². The van der Waals surface area contributed by atoms with Crippen LogP contribution in [-0.4, -0.2) is 31.3 Å². The minimum atomic E-state index is -0.437. The molecule has 30 heavy (non-hydrogen) atoms. The van der Waals surface area contributed by atoms with Crippen LogP contribution < -0.4 is 11.3 Å². The predicted octanol–water partition coefficient (Wildman–Crippen LogP) is 2.19. The van der Waals surface area contributed by atoms with Crippen molar-refractivity contribution in [2.24, 2.45) is 0 Å². The molecule has 10 heteroatoms. The van der Waals surface area contributed by atoms with Crippen molar-refractivity contribution in [3.63, 3.8) is 0 Å². The zero-order valence-electron chi connectivity index (χ0n) is 15.7. The van der Waals surface area contributed by atoms with Gasteiger partial charge in [0, 0.05) is 12.1 Å². The van der Waals surface area contributed by atoms with Gasteiger partial charge >= 0.3 is 0 Å². The van der Waals surface area contributed by atoms with Gasteiger partial charge in [0.1, 0.15) is 18.0 Å². The Morgan fingerprint density at radius 1 is 1.20 bits per heavy atom. The number of nitrogen functional groups attached to an aromatic ring is 1. The summed E-state index contributed by atoms with van der Waals surface area (Å²) in [7, 11) is 0. The molecule has 2 atom stereocenters. The van der Waals surface area contributed by atoms with E-state index in [4.69, 9.17) is 15.0 Å². The Hall–Kier alpha value is -3.66. The molecule has 0 aliphatic carbocycles. The third-order valence-electron chi connectivity index (χ3n) is 5.15. The number of halogens is 1. The molecular weight excluding hydrogens is 391 g/mol. The smallest absolute Gasteiger partial charge is 0.283 e. The molecule has 0 bridgehead atoms. The van der Waals surface area contributed by atoms with Gasteiger partial charge in [0.25, 0.3) is 5.56 Å². The van der Waals surface area contributed by atoms with E-state index in [0.29, 0.717) is 35.8 Å². The van der Waals surface area contributed by atoms with Gasteiger partial charge in [-0.05, 0) is 36.2 Å². The van der Waals surface area contributed by atoms with Crippen LogP contribution in [-0.2, 0) is 11.3 Å². The van der Waals surface area contributed by atoms with Gasteiger partial charge in [-0.1, -0.05) is 17.3 Å². The number of nitrogens with zero attached hydrogens (tertiary/aromatic N) is 5. The van der Waals surface area contributed by atoms with E-state index in [-0.39, 0.29) is 30.3 Å². The van der Waals surface area contributed by atoms with Crippen LogP contribution in [0.2, 0.25) is 0 Å². The molecule has 0 radical (unpaired) electrons. The molecule has 2 N–H and O–H groups in total. The molecular formula is C20H17FN6O3. The van der Waals surface area contributed by atoms with Gasteiger partial charge in [-0.25, -0.2) is 9.37 Å². The zero-order chi connectivity index (χ0) is 20.7. The lowest BCUT2D eigenvalue weighted by Gasteiger charge is -2.09. The number of aromatic nitrogens is 5. The summed E-state index contributed by atoms with van der Waals surface area (Å²) >= 11 is 0. The first-order valence-corrected chi connectivity index (χ1v) is 9.39. The fraction of sp³-hybridized carbons (Fsp3) is 0.250. The molecule has 1 aliphatic rings. The molecule has 5 rings (SSSR count). The fourth-order valence-corrected chi connectivity index (χ4v) is 3.62. The number of nitrogens with two attached hydrogens (primary N) is 1. The second-order valence-corrected chi connectivity index (χ2v) is 7.09. The van der Waals surface area contributed by atoms with Gasteiger partial charge in [-0.15, -0.1) is 0 Å². The number of rotatable bonds is 4. The average molecular weight is 408 g/mol. The molecule has 0 amide bonds. The second kappa shape index (κ2) is 7.30. The first-order valence-electron chi connectivity index (χ1n) is 9.39. The highest BCUT2D eigenvalue weighted by Crippen LogP contribution is 2.37. The summed E-state index contributed by atoms with van der Waals surface area (Å²) < 4.78 is 25.9. The molecule has 152 valence electrons. The summed E-state index contributed by atoms with van der Waals surface area (Å²) in [5.41, 5.74) is 6.80. The number of ether oxygens (including phenoxy) is 1. The molecule has 9 nitrogen and oxygen atoms in total. The Morgan fingerprint density at radius 3 is 2.87 bits per heavy atom. The third-order valence-corrected chi connectivity index (χ3v) is 5.15. The van der Waals surface area contributed by atoms with Gasteiger partial charge in [0.05, 0.1) is 18.1 Å². The minimum Gasteiger partial charge on any atom is -0.373 e. The normalized spacial score (nSPS) is 18.8. The van der Waals surface area contributed by atoms with Crippen molar-refractivity contribution in [1.82, 2.24) is 24.7 Å². The van der Waals surface area contributed by atoms with E-state index in [2.05, 4.69) is 20.1 Å². The van der Waals surface area contributed by atoms with E-state index < -0.39 is 5.56 Å². The molecule has 4 heterocycles. The topological polar surface area (TPSA) is 122 Å². The van der Waals surface area contributed by atoms with Crippen LogP contribution in [0.25, 0.3) is 11.0 Å². The molecule has 0 unspecified atom stereocenters. The van der Waals surface area contributed by atoms with Crippen LogP contribution >= 0.6 is 0 Å². The largest absolute Gasteiger partial charge is 0.373 e. The van der Waals surface area contributed by atoms with E-state index in [1.807, 2.05) is 0 Å². The van der Waals surface area contributed by atoms with Crippen molar-refractivity contribution >= 4 is 17.0 Å². The number of anilines is 1. The summed E-state index contributed by atoms with van der Waals surface area (Å²) in [6, 6.07) is 9.56. The number of hydrogen-bond acceptors (Lipinski definition) is 8. The molecule has 3 aromatic heterocycles. The number of fused-ring (bicyclic) bond motifs is 1. The minimum absolute atomic E-state index is 0.0199. The van der Waals surface area contributed by atoms with Gasteiger partial charge in [-0.3, -0.25) is 9.36 Å². The summed E-state index contributed by atoms with van der Waals surface area (Å²) in [4.78, 5) is 24.6. The Kier molecular flexibility index (Phi) is 4.47. The fourth-order valence-electron chi connectivity index (χ4n) is 3.62. The quantitative estimate of drug-likeness (QED) is 0.545. The van der Waals surface area contributed by atoms with Crippen LogP contribution in [0.5, 0.6) is 0 Å². The first kappa shape index (κ1) is 18.4. The predicted molar refractivity (Wildman–Crippen MR) is 104 cm³/mol. The highest BCUT2D eigenvalue weighted by Gasteiger charge is 2.31. The Labute approximate surface area is 169 Å². The monoisotopic (exact) mass is 408 g/mol. The highest BCUT2D eigenvalue weighted by atomic mass is 19.1. The molecule has 1 aromatic carbocycles. The number of pyridine rings is 1. The zero-order valence-corrected chi connectivity index (χ0v) is 15.7. The van der Waals surface area contributed by atoms with E-state index >= 15 is 0 Å². The van der Waals surface area contributed by atoms with Crippen LogP contribution in [0.3, 0.4) is 0 Å². The van der Waals surface area contributed by atoms with Crippen molar-refractivity contribution in [2.75, 3.05) is 12.3 Å². The Morgan fingerprint density at radius 2 is 2.03 bits per heavy atom. The number of benzene rings is 1. The average Bonchev–Trinajstić information content (AvgIpc) is 3.41. The van der Waals surface area contributed by atoms with Crippen LogP contribution in [0.4, 0.5) is 10.3 Å². The van der Waals surface area contributed by atoms with Gasteiger partial charge in [0.15, 0.2) is 5.82 Å². The van der Waals surface area contributed by atoms with Gasteiger partial charge < -0.3 is 15.0 Å². The first-order chi connectivity index (χ1) is 14.6. The highest BCUT2D eigenvalue weighted by molar-refractivity contribution is 5.74. The van der Waals surface area contributed by atoms with Crippen LogP contribution in [0, 0.1) is 5.82 Å². The summed E-state index contributed by atoms with van der Waals surface area (Å²) in [5, 5.41) is 4.44. The third kappa shape index (κ3) is 3.30. The summed E-state index contributed by atoms with van der Waals surface area (Å²) in [6.45, 7) is 0.571. The van der Waals surface area contributed by atoms with E-state index in [1.165, 1.54) is 12.1 Å². The second-order valence-electron chi connectivity index (χ2n) is 7.09. The van der Waals surface area contributed by atoms with E-state index in [9.17, 15) is 9.18 Å². The molecule has 0 saturated carbocycles. The van der Waals surface area contributed by atoms with Crippen molar-refractivity contribution < 1.29 is 13.7 Å². The Bertz CT molecular complexity index is 1270.